The van der Waals surface area contributed by atoms with Gasteiger partial charge in [-0.05, 0) is 43.0 Å². The number of unbranched alkanes of at least 4 members (excludes halogenated alkanes) is 1. The zero-order chi connectivity index (χ0) is 23.2. The van der Waals surface area contributed by atoms with Gasteiger partial charge in [-0.3, -0.25) is 14.4 Å². The summed E-state index contributed by atoms with van der Waals surface area (Å²) < 4.78 is 4.52. The SMILES string of the molecule is COC(=O)CCCCC(=O)N[C@@H](C)C(=O)N[C@H](C=O)CNc1cc(CO)cc(CO)c1. The molecule has 0 aromatic heterocycles. The van der Waals surface area contributed by atoms with Gasteiger partial charge in [-0.15, -0.1) is 0 Å². The van der Waals surface area contributed by atoms with Crippen LogP contribution in [-0.4, -0.2) is 60.0 Å². The number of rotatable bonds is 14. The lowest BCUT2D eigenvalue weighted by atomic mass is 10.1. The molecule has 2 atom stereocenters. The van der Waals surface area contributed by atoms with E-state index in [0.29, 0.717) is 35.9 Å². The van der Waals surface area contributed by atoms with Crippen molar-refractivity contribution in [1.82, 2.24) is 10.6 Å². The highest BCUT2D eigenvalue weighted by atomic mass is 16.5. The molecule has 0 spiro atoms. The molecule has 5 N–H and O–H groups in total. The Hall–Kier alpha value is -2.98. The molecule has 0 saturated carbocycles. The van der Waals surface area contributed by atoms with Crippen LogP contribution >= 0.6 is 0 Å². The van der Waals surface area contributed by atoms with Gasteiger partial charge in [-0.1, -0.05) is 6.07 Å². The van der Waals surface area contributed by atoms with Gasteiger partial charge in [-0.25, -0.2) is 0 Å². The smallest absolute Gasteiger partial charge is 0.305 e. The molecular weight excluding hydrogens is 406 g/mol. The van der Waals surface area contributed by atoms with E-state index in [2.05, 4.69) is 20.7 Å². The molecule has 0 radical (unpaired) electrons. The number of carbonyl (C=O) groups is 4. The first-order chi connectivity index (χ1) is 14.8. The lowest BCUT2D eigenvalue weighted by Gasteiger charge is -2.19. The number of carbonyl (C=O) groups excluding carboxylic acids is 4. The number of hydrogen-bond acceptors (Lipinski definition) is 8. The van der Waals surface area contributed by atoms with Crippen LogP contribution in [0.15, 0.2) is 18.2 Å². The van der Waals surface area contributed by atoms with Crippen LogP contribution in [0.2, 0.25) is 0 Å². The molecule has 31 heavy (non-hydrogen) atoms. The number of aliphatic hydroxyl groups is 2. The Morgan fingerprint density at radius 3 is 2.19 bits per heavy atom. The minimum atomic E-state index is -0.845. The third kappa shape index (κ3) is 10.1. The van der Waals surface area contributed by atoms with Gasteiger partial charge in [-0.2, -0.15) is 0 Å². The summed E-state index contributed by atoms with van der Waals surface area (Å²) in [5.41, 5.74) is 1.79. The second-order valence-electron chi connectivity index (χ2n) is 7.06. The van der Waals surface area contributed by atoms with Crippen molar-refractivity contribution in [3.05, 3.63) is 29.3 Å². The second kappa shape index (κ2) is 14.1. The number of methoxy groups -OCH3 is 1. The molecule has 0 saturated heterocycles. The lowest BCUT2D eigenvalue weighted by molar-refractivity contribution is -0.140. The van der Waals surface area contributed by atoms with Crippen molar-refractivity contribution >= 4 is 29.8 Å². The first-order valence-corrected chi connectivity index (χ1v) is 10.0. The fourth-order valence-electron chi connectivity index (χ4n) is 2.75. The predicted molar refractivity (Wildman–Crippen MR) is 113 cm³/mol. The number of benzene rings is 1. The fraction of sp³-hybridized carbons (Fsp3) is 0.524. The monoisotopic (exact) mass is 437 g/mol. The molecule has 10 heteroatoms. The number of amides is 2. The summed E-state index contributed by atoms with van der Waals surface area (Å²) in [5.74, 6) is -1.18. The highest BCUT2D eigenvalue weighted by Gasteiger charge is 2.19. The predicted octanol–water partition coefficient (Wildman–Crippen LogP) is 0.00490. The van der Waals surface area contributed by atoms with Gasteiger partial charge in [0.05, 0.1) is 20.3 Å². The molecule has 0 aliphatic rings. The normalized spacial score (nSPS) is 12.4. The van der Waals surface area contributed by atoms with E-state index >= 15 is 0 Å². The summed E-state index contributed by atoms with van der Waals surface area (Å²) in [5, 5.41) is 26.7. The van der Waals surface area contributed by atoms with E-state index in [9.17, 15) is 29.4 Å². The van der Waals surface area contributed by atoms with Crippen LogP contribution in [0, 0.1) is 0 Å². The minimum Gasteiger partial charge on any atom is -0.469 e. The van der Waals surface area contributed by atoms with Crippen molar-refractivity contribution in [3.8, 4) is 0 Å². The molecule has 0 unspecified atom stereocenters. The van der Waals surface area contributed by atoms with Gasteiger partial charge < -0.3 is 35.7 Å². The molecule has 2 amide bonds. The molecule has 1 aromatic rings. The Kier molecular flexibility index (Phi) is 11.9. The zero-order valence-corrected chi connectivity index (χ0v) is 17.8. The van der Waals surface area contributed by atoms with E-state index in [1.165, 1.54) is 14.0 Å². The summed E-state index contributed by atoms with van der Waals surface area (Å²) >= 11 is 0. The van der Waals surface area contributed by atoms with E-state index in [1.807, 2.05) is 0 Å². The molecule has 0 heterocycles. The number of hydrogen-bond donors (Lipinski definition) is 5. The van der Waals surface area contributed by atoms with Crippen LogP contribution in [0.25, 0.3) is 0 Å². The number of ether oxygens (including phenoxy) is 1. The van der Waals surface area contributed by atoms with Crippen LogP contribution in [0.1, 0.15) is 43.7 Å². The van der Waals surface area contributed by atoms with Gasteiger partial charge in [0.25, 0.3) is 0 Å². The number of aliphatic hydroxyl groups excluding tert-OH is 2. The van der Waals surface area contributed by atoms with Crippen LogP contribution in [0.5, 0.6) is 0 Å². The van der Waals surface area contributed by atoms with E-state index in [0.717, 1.165) is 0 Å². The number of aldehydes is 1. The number of nitrogens with one attached hydrogen (secondary N) is 3. The Labute approximate surface area is 181 Å². The topological polar surface area (TPSA) is 154 Å². The lowest BCUT2D eigenvalue weighted by Crippen LogP contribution is -2.50. The number of esters is 1. The molecule has 1 rings (SSSR count). The molecule has 0 aliphatic heterocycles. The molecule has 1 aromatic carbocycles. The van der Waals surface area contributed by atoms with Crippen molar-refractivity contribution in [2.75, 3.05) is 19.0 Å². The summed E-state index contributed by atoms with van der Waals surface area (Å²) in [6.45, 7) is 1.20. The van der Waals surface area contributed by atoms with E-state index in [1.54, 1.807) is 18.2 Å². The van der Waals surface area contributed by atoms with Gasteiger partial charge in [0, 0.05) is 25.1 Å². The molecule has 0 fully saturated rings. The van der Waals surface area contributed by atoms with Crippen molar-refractivity contribution in [2.24, 2.45) is 0 Å². The summed E-state index contributed by atoms with van der Waals surface area (Å²) in [7, 11) is 1.30. The Bertz CT molecular complexity index is 732. The van der Waals surface area contributed by atoms with Gasteiger partial charge in [0.1, 0.15) is 18.4 Å². The maximum Gasteiger partial charge on any atom is 0.305 e. The Morgan fingerprint density at radius 2 is 1.65 bits per heavy atom. The molecule has 0 bridgehead atoms. The van der Waals surface area contributed by atoms with E-state index in [-0.39, 0.29) is 44.5 Å². The van der Waals surface area contributed by atoms with Crippen LogP contribution in [0.3, 0.4) is 0 Å². The molecule has 10 nitrogen and oxygen atoms in total. The first kappa shape index (κ1) is 26.1. The first-order valence-electron chi connectivity index (χ1n) is 10.0. The van der Waals surface area contributed by atoms with Crippen molar-refractivity contribution in [1.29, 1.82) is 0 Å². The van der Waals surface area contributed by atoms with E-state index in [4.69, 9.17) is 0 Å². The third-order valence-corrected chi connectivity index (χ3v) is 4.47. The van der Waals surface area contributed by atoms with Crippen LogP contribution < -0.4 is 16.0 Å². The standard InChI is InChI=1S/C21H31N3O7/c1-14(23-19(28)5-3-4-6-20(29)31-2)21(30)24-18(13-27)10-22-17-8-15(11-25)7-16(9-17)12-26/h7-9,13-14,18,22,25-26H,3-6,10-12H2,1-2H3,(H,23,28)(H,24,30)/t14-,18-/m0/s1. The maximum atomic E-state index is 12.3. The Balaban J connectivity index is 2.46. The molecular formula is C21H31N3O7. The third-order valence-electron chi connectivity index (χ3n) is 4.47. The average molecular weight is 437 g/mol. The minimum absolute atomic E-state index is 0.0865. The van der Waals surface area contributed by atoms with Gasteiger partial charge >= 0.3 is 5.97 Å². The largest absolute Gasteiger partial charge is 0.469 e. The van der Waals surface area contributed by atoms with Crippen molar-refractivity contribution < 1.29 is 34.1 Å². The zero-order valence-electron chi connectivity index (χ0n) is 17.8. The van der Waals surface area contributed by atoms with Crippen molar-refractivity contribution in [2.45, 2.75) is 57.9 Å². The summed E-state index contributed by atoms with van der Waals surface area (Å²) in [4.78, 5) is 46.6. The number of anilines is 1. The quantitative estimate of drug-likeness (QED) is 0.155. The highest BCUT2D eigenvalue weighted by Crippen LogP contribution is 2.15. The molecule has 172 valence electrons. The van der Waals surface area contributed by atoms with Crippen molar-refractivity contribution in [3.63, 3.8) is 0 Å². The van der Waals surface area contributed by atoms with E-state index < -0.39 is 18.0 Å². The highest BCUT2D eigenvalue weighted by molar-refractivity contribution is 5.88. The van der Waals surface area contributed by atoms with Gasteiger partial charge in [0.2, 0.25) is 11.8 Å². The Morgan fingerprint density at radius 1 is 1.03 bits per heavy atom. The summed E-state index contributed by atoms with van der Waals surface area (Å²) in [6, 6.07) is 3.32. The molecule has 0 aliphatic carbocycles. The summed E-state index contributed by atoms with van der Waals surface area (Å²) in [6.07, 6.45) is 1.97. The fourth-order valence-corrected chi connectivity index (χ4v) is 2.75. The maximum absolute atomic E-state index is 12.3. The van der Waals surface area contributed by atoms with Crippen LogP contribution in [0.4, 0.5) is 5.69 Å². The second-order valence-corrected chi connectivity index (χ2v) is 7.06. The van der Waals surface area contributed by atoms with Gasteiger partial charge in [0.15, 0.2) is 0 Å². The average Bonchev–Trinajstić information content (AvgIpc) is 2.78. The van der Waals surface area contributed by atoms with Crippen LogP contribution in [-0.2, 0) is 37.1 Å².